The van der Waals surface area contributed by atoms with E-state index in [-0.39, 0.29) is 50.1 Å². The summed E-state index contributed by atoms with van der Waals surface area (Å²) in [6.45, 7) is 2.40. The molecule has 10 nitrogen and oxygen atoms in total. The van der Waals surface area contributed by atoms with E-state index >= 15 is 0 Å². The Hall–Kier alpha value is -2.58. The molecule has 2 rings (SSSR count). The summed E-state index contributed by atoms with van der Waals surface area (Å²) in [5.74, 6) is -0.566. The van der Waals surface area contributed by atoms with Gasteiger partial charge in [0.05, 0.1) is 26.0 Å². The zero-order chi connectivity index (χ0) is 16.8. The van der Waals surface area contributed by atoms with Crippen LogP contribution in [0.25, 0.3) is 10.4 Å². The number of carbonyl (C=O) groups excluding carboxylic acids is 2. The van der Waals surface area contributed by atoms with Crippen LogP contribution in [0.5, 0.6) is 0 Å². The Morgan fingerprint density at radius 1 is 1.65 bits per heavy atom. The maximum absolute atomic E-state index is 12.3. The average Bonchev–Trinajstić information content (AvgIpc) is 3.09. The second-order valence-corrected chi connectivity index (χ2v) is 5.04. The van der Waals surface area contributed by atoms with E-state index in [1.54, 1.807) is 6.92 Å². The van der Waals surface area contributed by atoms with Crippen molar-refractivity contribution in [2.45, 2.75) is 19.9 Å². The Labute approximate surface area is 132 Å². The molecule has 1 N–H and O–H groups in total. The SMILES string of the molecule is CCOC(=O)c1cnn(CCO)c1N1CC(CN=[N+]=[N-])CC1=O. The number of aliphatic hydroxyl groups excluding tert-OH is 1. The fourth-order valence-corrected chi connectivity index (χ4v) is 2.54. The zero-order valence-corrected chi connectivity index (χ0v) is 12.8. The van der Waals surface area contributed by atoms with Crippen LogP contribution in [0.2, 0.25) is 0 Å². The van der Waals surface area contributed by atoms with Gasteiger partial charge in [0.15, 0.2) is 0 Å². The van der Waals surface area contributed by atoms with Gasteiger partial charge in [0.25, 0.3) is 0 Å². The molecule has 1 amide bonds. The molecule has 0 aliphatic carbocycles. The first-order chi connectivity index (χ1) is 11.1. The normalized spacial score (nSPS) is 17.2. The van der Waals surface area contributed by atoms with E-state index in [4.69, 9.17) is 15.4 Å². The van der Waals surface area contributed by atoms with Gasteiger partial charge in [0, 0.05) is 24.4 Å². The van der Waals surface area contributed by atoms with Crippen LogP contribution in [-0.4, -0.2) is 53.1 Å². The summed E-state index contributed by atoms with van der Waals surface area (Å²) in [5, 5.41) is 16.7. The van der Waals surface area contributed by atoms with Crippen molar-refractivity contribution in [1.29, 1.82) is 0 Å². The molecule has 1 unspecified atom stereocenters. The van der Waals surface area contributed by atoms with Gasteiger partial charge in [0.1, 0.15) is 11.4 Å². The van der Waals surface area contributed by atoms with Gasteiger partial charge in [-0.1, -0.05) is 5.11 Å². The standard InChI is InChI=1S/C13H18N6O4/c1-2-23-13(22)10-7-16-19(3-4-20)12(10)18-8-9(5-11(18)21)6-15-17-14/h7,9,20H,2-6,8H2,1H3. The first kappa shape index (κ1) is 16.8. The molecule has 1 aromatic rings. The van der Waals surface area contributed by atoms with E-state index < -0.39 is 5.97 Å². The molecule has 0 radical (unpaired) electrons. The summed E-state index contributed by atoms with van der Waals surface area (Å²) in [6.07, 6.45) is 1.56. The Kier molecular flexibility index (Phi) is 5.56. The van der Waals surface area contributed by atoms with Crippen molar-refractivity contribution in [1.82, 2.24) is 9.78 Å². The van der Waals surface area contributed by atoms with Gasteiger partial charge in [-0.05, 0) is 18.4 Å². The number of esters is 1. The minimum absolute atomic E-state index is 0.120. The Balaban J connectivity index is 2.32. The van der Waals surface area contributed by atoms with Crippen molar-refractivity contribution in [3.8, 4) is 0 Å². The van der Waals surface area contributed by atoms with Crippen LogP contribution in [-0.2, 0) is 16.1 Å². The number of ether oxygens (including phenoxy) is 1. The summed E-state index contributed by atoms with van der Waals surface area (Å²) in [4.78, 5) is 28.5. The summed E-state index contributed by atoms with van der Waals surface area (Å²) < 4.78 is 6.39. The maximum atomic E-state index is 12.3. The fourth-order valence-electron chi connectivity index (χ4n) is 2.54. The smallest absolute Gasteiger partial charge is 0.343 e. The third kappa shape index (κ3) is 3.61. The van der Waals surface area contributed by atoms with Gasteiger partial charge in [-0.3, -0.25) is 9.69 Å². The molecule has 1 aliphatic heterocycles. The number of amides is 1. The number of aromatic nitrogens is 2. The van der Waals surface area contributed by atoms with Crippen molar-refractivity contribution in [3.63, 3.8) is 0 Å². The lowest BCUT2D eigenvalue weighted by atomic mass is 10.1. The number of hydrogen-bond donors (Lipinski definition) is 1. The molecule has 23 heavy (non-hydrogen) atoms. The molecular weight excluding hydrogens is 304 g/mol. The van der Waals surface area contributed by atoms with Crippen LogP contribution in [0.4, 0.5) is 5.82 Å². The number of carbonyl (C=O) groups is 2. The molecule has 0 aromatic carbocycles. The molecule has 10 heteroatoms. The lowest BCUT2D eigenvalue weighted by molar-refractivity contribution is -0.117. The molecule has 1 atom stereocenters. The molecule has 124 valence electrons. The van der Waals surface area contributed by atoms with Gasteiger partial charge in [-0.15, -0.1) is 0 Å². The largest absolute Gasteiger partial charge is 0.462 e. The van der Waals surface area contributed by atoms with E-state index in [2.05, 4.69) is 15.1 Å². The summed E-state index contributed by atoms with van der Waals surface area (Å²) >= 11 is 0. The third-order valence-electron chi connectivity index (χ3n) is 3.48. The maximum Gasteiger partial charge on any atom is 0.343 e. The lowest BCUT2D eigenvalue weighted by Gasteiger charge is -2.19. The van der Waals surface area contributed by atoms with Crippen LogP contribution < -0.4 is 4.90 Å². The van der Waals surface area contributed by atoms with Gasteiger partial charge in [0.2, 0.25) is 5.91 Å². The quantitative estimate of drug-likeness (QED) is 0.341. The summed E-state index contributed by atoms with van der Waals surface area (Å²) in [5.41, 5.74) is 8.57. The van der Waals surface area contributed by atoms with Crippen molar-refractivity contribution in [3.05, 3.63) is 22.2 Å². The molecule has 1 aromatic heterocycles. The Bertz CT molecular complexity index is 636. The molecule has 0 saturated carbocycles. The number of nitrogens with zero attached hydrogens (tertiary/aromatic N) is 6. The van der Waals surface area contributed by atoms with Crippen LogP contribution in [0.3, 0.4) is 0 Å². The first-order valence-corrected chi connectivity index (χ1v) is 7.27. The number of azide groups is 1. The highest BCUT2D eigenvalue weighted by Gasteiger charge is 2.35. The summed E-state index contributed by atoms with van der Waals surface area (Å²) in [6, 6.07) is 0. The van der Waals surface area contributed by atoms with Gasteiger partial charge in [-0.25, -0.2) is 9.48 Å². The molecule has 0 bridgehead atoms. The minimum atomic E-state index is -0.571. The second-order valence-electron chi connectivity index (χ2n) is 5.04. The predicted molar refractivity (Wildman–Crippen MR) is 79.7 cm³/mol. The van der Waals surface area contributed by atoms with E-state index in [1.807, 2.05) is 0 Å². The van der Waals surface area contributed by atoms with Crippen LogP contribution in [0.15, 0.2) is 11.3 Å². The van der Waals surface area contributed by atoms with Crippen molar-refractivity contribution in [2.24, 2.45) is 11.0 Å². The van der Waals surface area contributed by atoms with Crippen molar-refractivity contribution < 1.29 is 19.4 Å². The molecule has 1 aliphatic rings. The van der Waals surface area contributed by atoms with Crippen molar-refractivity contribution >= 4 is 17.7 Å². The number of hydrogen-bond acceptors (Lipinski definition) is 6. The number of aliphatic hydroxyl groups is 1. The Morgan fingerprint density at radius 2 is 2.43 bits per heavy atom. The highest BCUT2D eigenvalue weighted by molar-refractivity contribution is 6.02. The van der Waals surface area contributed by atoms with E-state index in [0.29, 0.717) is 12.4 Å². The van der Waals surface area contributed by atoms with Gasteiger partial charge < -0.3 is 9.84 Å². The highest BCUT2D eigenvalue weighted by Crippen LogP contribution is 2.29. The average molecular weight is 322 g/mol. The number of rotatable bonds is 7. The lowest BCUT2D eigenvalue weighted by Crippen LogP contribution is -2.30. The summed E-state index contributed by atoms with van der Waals surface area (Å²) in [7, 11) is 0. The molecule has 2 heterocycles. The van der Waals surface area contributed by atoms with Gasteiger partial charge in [-0.2, -0.15) is 5.10 Å². The predicted octanol–water partition coefficient (Wildman–Crippen LogP) is 0.715. The molecule has 0 spiro atoms. The fraction of sp³-hybridized carbons (Fsp3) is 0.615. The molecule has 1 fully saturated rings. The Morgan fingerprint density at radius 3 is 3.09 bits per heavy atom. The van der Waals surface area contributed by atoms with Crippen LogP contribution in [0, 0.1) is 5.92 Å². The minimum Gasteiger partial charge on any atom is -0.462 e. The first-order valence-electron chi connectivity index (χ1n) is 7.27. The monoisotopic (exact) mass is 322 g/mol. The van der Waals surface area contributed by atoms with Gasteiger partial charge >= 0.3 is 5.97 Å². The molecule has 1 saturated heterocycles. The second kappa shape index (κ2) is 7.61. The van der Waals surface area contributed by atoms with E-state index in [1.165, 1.54) is 15.8 Å². The highest BCUT2D eigenvalue weighted by atomic mass is 16.5. The van der Waals surface area contributed by atoms with Crippen LogP contribution >= 0.6 is 0 Å². The molecular formula is C13H18N6O4. The third-order valence-corrected chi connectivity index (χ3v) is 3.48. The zero-order valence-electron chi connectivity index (χ0n) is 12.8. The van der Waals surface area contributed by atoms with E-state index in [9.17, 15) is 9.59 Å². The van der Waals surface area contributed by atoms with Crippen molar-refractivity contribution in [2.75, 3.05) is 31.2 Å². The van der Waals surface area contributed by atoms with Crippen LogP contribution in [0.1, 0.15) is 23.7 Å². The topological polar surface area (TPSA) is 133 Å². The van der Waals surface area contributed by atoms with E-state index in [0.717, 1.165) is 0 Å². The number of anilines is 1.